The fourth-order valence-electron chi connectivity index (χ4n) is 2.58. The molecule has 0 radical (unpaired) electrons. The summed E-state index contributed by atoms with van der Waals surface area (Å²) in [4.78, 5) is 28.9. The molecule has 0 aromatic carbocycles. The first-order chi connectivity index (χ1) is 11.6. The summed E-state index contributed by atoms with van der Waals surface area (Å²) in [6, 6.07) is 7.09. The SMILES string of the molecule is O=C(NCCN1CCN(C(=O)c2ccc(Br)o2)CC1)c1cccs1. The van der Waals surface area contributed by atoms with E-state index in [1.807, 2.05) is 17.5 Å². The molecule has 0 atom stereocenters. The molecule has 1 N–H and O–H groups in total. The lowest BCUT2D eigenvalue weighted by Gasteiger charge is -2.34. The van der Waals surface area contributed by atoms with Crippen LogP contribution >= 0.6 is 27.3 Å². The number of nitrogens with zero attached hydrogens (tertiary/aromatic N) is 2. The van der Waals surface area contributed by atoms with Crippen LogP contribution in [0.5, 0.6) is 0 Å². The third-order valence-electron chi connectivity index (χ3n) is 3.90. The summed E-state index contributed by atoms with van der Waals surface area (Å²) in [5.74, 6) is 0.257. The zero-order valence-electron chi connectivity index (χ0n) is 13.0. The molecule has 0 saturated carbocycles. The van der Waals surface area contributed by atoms with Crippen molar-refractivity contribution in [1.29, 1.82) is 0 Å². The summed E-state index contributed by atoms with van der Waals surface area (Å²) in [5.41, 5.74) is 0. The maximum absolute atomic E-state index is 12.3. The largest absolute Gasteiger partial charge is 0.444 e. The van der Waals surface area contributed by atoms with Crippen molar-refractivity contribution < 1.29 is 14.0 Å². The minimum atomic E-state index is -0.0775. The number of carbonyl (C=O) groups excluding carboxylic acids is 2. The molecular weight excluding hydrogens is 394 g/mol. The van der Waals surface area contributed by atoms with E-state index in [4.69, 9.17) is 4.42 Å². The molecule has 2 aromatic rings. The number of piperazine rings is 1. The van der Waals surface area contributed by atoms with Gasteiger partial charge >= 0.3 is 0 Å². The molecule has 0 spiro atoms. The lowest BCUT2D eigenvalue weighted by Crippen LogP contribution is -2.50. The van der Waals surface area contributed by atoms with Crippen molar-refractivity contribution in [3.05, 3.63) is 45.0 Å². The van der Waals surface area contributed by atoms with Crippen molar-refractivity contribution in [1.82, 2.24) is 15.1 Å². The highest BCUT2D eigenvalue weighted by molar-refractivity contribution is 9.10. The first-order valence-corrected chi connectivity index (χ1v) is 9.39. The summed E-state index contributed by atoms with van der Waals surface area (Å²) in [6.45, 7) is 4.30. The summed E-state index contributed by atoms with van der Waals surface area (Å²) in [6.07, 6.45) is 0. The predicted molar refractivity (Wildman–Crippen MR) is 95.4 cm³/mol. The van der Waals surface area contributed by atoms with Gasteiger partial charge in [-0.1, -0.05) is 6.07 Å². The fraction of sp³-hybridized carbons (Fsp3) is 0.375. The monoisotopic (exact) mass is 411 g/mol. The lowest BCUT2D eigenvalue weighted by atomic mass is 10.3. The number of carbonyl (C=O) groups is 2. The second kappa shape index (κ2) is 7.96. The van der Waals surface area contributed by atoms with E-state index in [0.717, 1.165) is 24.5 Å². The van der Waals surface area contributed by atoms with Crippen molar-refractivity contribution in [2.24, 2.45) is 0 Å². The first-order valence-electron chi connectivity index (χ1n) is 7.72. The Morgan fingerprint density at radius 2 is 2.00 bits per heavy atom. The lowest BCUT2D eigenvalue weighted by molar-refractivity contribution is 0.0606. The number of hydrogen-bond acceptors (Lipinski definition) is 5. The number of halogens is 1. The zero-order valence-corrected chi connectivity index (χ0v) is 15.4. The Labute approximate surface area is 152 Å². The smallest absolute Gasteiger partial charge is 0.289 e. The summed E-state index contributed by atoms with van der Waals surface area (Å²) >= 11 is 4.65. The van der Waals surface area contributed by atoms with Gasteiger partial charge < -0.3 is 14.6 Å². The van der Waals surface area contributed by atoms with Gasteiger partial charge in [-0.25, -0.2) is 0 Å². The predicted octanol–water partition coefficient (Wildman–Crippen LogP) is 2.29. The molecule has 3 rings (SSSR count). The molecule has 3 heterocycles. The van der Waals surface area contributed by atoms with Crippen molar-refractivity contribution in [2.75, 3.05) is 39.3 Å². The second-order valence-electron chi connectivity index (χ2n) is 5.47. The van der Waals surface area contributed by atoms with Gasteiger partial charge in [0.25, 0.3) is 11.8 Å². The number of rotatable bonds is 5. The highest BCUT2D eigenvalue weighted by Crippen LogP contribution is 2.16. The Bertz CT molecular complexity index is 693. The standard InChI is InChI=1S/C16H18BrN3O3S/c17-14-4-3-12(23-14)16(22)20-9-7-19(8-10-20)6-5-18-15(21)13-2-1-11-24-13/h1-4,11H,5-10H2,(H,18,21). The topological polar surface area (TPSA) is 65.8 Å². The van der Waals surface area contributed by atoms with Gasteiger partial charge in [-0.3, -0.25) is 14.5 Å². The molecule has 1 saturated heterocycles. The number of hydrogen-bond donors (Lipinski definition) is 1. The van der Waals surface area contributed by atoms with Crippen LogP contribution in [0.2, 0.25) is 0 Å². The Balaban J connectivity index is 1.39. The number of thiophene rings is 1. The summed E-state index contributed by atoms with van der Waals surface area (Å²) in [5, 5.41) is 4.82. The molecule has 1 aliphatic rings. The maximum Gasteiger partial charge on any atom is 0.289 e. The van der Waals surface area contributed by atoms with E-state index >= 15 is 0 Å². The van der Waals surface area contributed by atoms with Gasteiger partial charge in [0.1, 0.15) is 0 Å². The molecule has 128 valence electrons. The van der Waals surface area contributed by atoms with Gasteiger partial charge in [0.2, 0.25) is 0 Å². The van der Waals surface area contributed by atoms with Crippen molar-refractivity contribution in [3.63, 3.8) is 0 Å². The van der Waals surface area contributed by atoms with E-state index in [-0.39, 0.29) is 11.8 Å². The van der Waals surface area contributed by atoms with E-state index < -0.39 is 0 Å². The van der Waals surface area contributed by atoms with Crippen LogP contribution in [0.15, 0.2) is 38.7 Å². The Hall–Kier alpha value is -1.64. The first kappa shape index (κ1) is 17.2. The second-order valence-corrected chi connectivity index (χ2v) is 7.20. The van der Waals surface area contributed by atoms with Crippen molar-refractivity contribution >= 4 is 39.1 Å². The summed E-state index contributed by atoms with van der Waals surface area (Å²) in [7, 11) is 0. The number of furan rings is 1. The average Bonchev–Trinajstić information content (AvgIpc) is 3.26. The van der Waals surface area contributed by atoms with Crippen LogP contribution in [-0.2, 0) is 0 Å². The quantitative estimate of drug-likeness (QED) is 0.819. The molecule has 6 nitrogen and oxygen atoms in total. The Kier molecular flexibility index (Phi) is 5.70. The Morgan fingerprint density at radius 1 is 1.21 bits per heavy atom. The van der Waals surface area contributed by atoms with Crippen LogP contribution in [-0.4, -0.2) is 60.9 Å². The van der Waals surface area contributed by atoms with Crippen LogP contribution in [0.1, 0.15) is 20.2 Å². The molecule has 1 aliphatic heterocycles. The molecule has 24 heavy (non-hydrogen) atoms. The van der Waals surface area contributed by atoms with Crippen molar-refractivity contribution in [2.45, 2.75) is 0 Å². The van der Waals surface area contributed by atoms with Crippen LogP contribution < -0.4 is 5.32 Å². The van der Waals surface area contributed by atoms with Crippen LogP contribution in [0, 0.1) is 0 Å². The minimum absolute atomic E-state index is 0.0257. The molecular formula is C16H18BrN3O3S. The van der Waals surface area contributed by atoms with E-state index in [1.165, 1.54) is 11.3 Å². The zero-order chi connectivity index (χ0) is 16.9. The van der Waals surface area contributed by atoms with E-state index in [2.05, 4.69) is 26.1 Å². The van der Waals surface area contributed by atoms with Crippen LogP contribution in [0.25, 0.3) is 0 Å². The summed E-state index contributed by atoms with van der Waals surface area (Å²) < 4.78 is 5.88. The van der Waals surface area contributed by atoms with Gasteiger partial charge in [-0.15, -0.1) is 11.3 Å². The van der Waals surface area contributed by atoms with Gasteiger partial charge in [0.15, 0.2) is 10.4 Å². The molecule has 1 fully saturated rings. The van der Waals surface area contributed by atoms with Crippen LogP contribution in [0.3, 0.4) is 0 Å². The maximum atomic E-state index is 12.3. The molecule has 0 aliphatic carbocycles. The molecule has 0 unspecified atom stereocenters. The van der Waals surface area contributed by atoms with E-state index in [9.17, 15) is 9.59 Å². The van der Waals surface area contributed by atoms with E-state index in [0.29, 0.717) is 30.1 Å². The van der Waals surface area contributed by atoms with E-state index in [1.54, 1.807) is 17.0 Å². The highest BCUT2D eigenvalue weighted by Gasteiger charge is 2.24. The number of amides is 2. The van der Waals surface area contributed by atoms with Crippen LogP contribution in [0.4, 0.5) is 0 Å². The van der Waals surface area contributed by atoms with Gasteiger partial charge in [0, 0.05) is 39.3 Å². The highest BCUT2D eigenvalue weighted by atomic mass is 79.9. The third kappa shape index (κ3) is 4.25. The molecule has 8 heteroatoms. The number of nitrogens with one attached hydrogen (secondary N) is 1. The molecule has 0 bridgehead atoms. The molecule has 2 amide bonds. The fourth-order valence-corrected chi connectivity index (χ4v) is 3.53. The van der Waals surface area contributed by atoms with Crippen molar-refractivity contribution in [3.8, 4) is 0 Å². The molecule has 2 aromatic heterocycles. The van der Waals surface area contributed by atoms with Gasteiger partial charge in [0.05, 0.1) is 4.88 Å². The van der Waals surface area contributed by atoms with Gasteiger partial charge in [-0.05, 0) is 39.5 Å². The normalized spacial score (nSPS) is 15.5. The average molecular weight is 412 g/mol. The van der Waals surface area contributed by atoms with Gasteiger partial charge in [-0.2, -0.15) is 0 Å². The Morgan fingerprint density at radius 3 is 2.62 bits per heavy atom. The minimum Gasteiger partial charge on any atom is -0.444 e. The third-order valence-corrected chi connectivity index (χ3v) is 5.20.